The summed E-state index contributed by atoms with van der Waals surface area (Å²) in [5.74, 6) is -0.555. The van der Waals surface area contributed by atoms with Gasteiger partial charge in [0.05, 0.1) is 11.5 Å². The fourth-order valence-corrected chi connectivity index (χ4v) is 2.76. The van der Waals surface area contributed by atoms with Crippen LogP contribution in [0, 0.1) is 16.0 Å². The van der Waals surface area contributed by atoms with Crippen LogP contribution < -0.4 is 10.5 Å². The largest absolute Gasteiger partial charge is 0.492 e. The van der Waals surface area contributed by atoms with Crippen molar-refractivity contribution in [3.8, 4) is 5.75 Å². The van der Waals surface area contributed by atoms with Crippen molar-refractivity contribution in [2.24, 2.45) is 11.7 Å². The summed E-state index contributed by atoms with van der Waals surface area (Å²) in [6.07, 6.45) is 0.261. The molecule has 1 fully saturated rings. The van der Waals surface area contributed by atoms with Crippen LogP contribution in [0.3, 0.4) is 0 Å². The predicted octanol–water partition coefficient (Wildman–Crippen LogP) is 2.98. The van der Waals surface area contributed by atoms with Gasteiger partial charge < -0.3 is 20.1 Å². The van der Waals surface area contributed by atoms with Crippen molar-refractivity contribution in [3.63, 3.8) is 0 Å². The molecule has 0 spiro atoms. The van der Waals surface area contributed by atoms with E-state index in [0.717, 1.165) is 6.07 Å². The first kappa shape index (κ1) is 20.8. The van der Waals surface area contributed by atoms with Gasteiger partial charge in [-0.3, -0.25) is 14.9 Å². The molecule has 2 rings (SSSR count). The van der Waals surface area contributed by atoms with Gasteiger partial charge in [-0.2, -0.15) is 0 Å². The van der Waals surface area contributed by atoms with Crippen LogP contribution in [0.25, 0.3) is 0 Å². The molecule has 1 aliphatic rings. The zero-order valence-corrected chi connectivity index (χ0v) is 16.1. The van der Waals surface area contributed by atoms with Crippen LogP contribution >= 0.6 is 11.6 Å². The van der Waals surface area contributed by atoms with Gasteiger partial charge in [0.15, 0.2) is 5.02 Å². The van der Waals surface area contributed by atoms with Gasteiger partial charge in [-0.25, -0.2) is 4.79 Å². The number of nitro benzene ring substituents is 1. The lowest BCUT2D eigenvalue weighted by Gasteiger charge is -2.39. The molecule has 0 atom stereocenters. The fraction of sp³-hybridized carbons (Fsp3) is 0.529. The normalized spacial score (nSPS) is 14.4. The standard InChI is InChI=1S/C17H22ClN3O6/c1-17(2,3)27-16(23)20-8-10(9-20)4-5-26-13-7-11(15(19)22)6-12(14(13)18)21(24)25/h6-7,10H,4-5,8-9H2,1-3H3,(H2,19,22). The van der Waals surface area contributed by atoms with Crippen LogP contribution in [0.2, 0.25) is 5.02 Å². The molecule has 9 nitrogen and oxygen atoms in total. The molecule has 2 N–H and O–H groups in total. The van der Waals surface area contributed by atoms with Crippen molar-refractivity contribution < 1.29 is 24.0 Å². The topological polar surface area (TPSA) is 125 Å². The Morgan fingerprint density at radius 1 is 1.37 bits per heavy atom. The molecule has 0 aliphatic carbocycles. The third-order valence-corrected chi connectivity index (χ3v) is 4.27. The van der Waals surface area contributed by atoms with Crippen LogP contribution in [-0.2, 0) is 4.74 Å². The Kier molecular flexibility index (Phi) is 6.15. The number of benzene rings is 1. The van der Waals surface area contributed by atoms with E-state index in [2.05, 4.69) is 0 Å². The molecule has 148 valence electrons. The molecule has 0 saturated carbocycles. The summed E-state index contributed by atoms with van der Waals surface area (Å²) in [5.41, 5.74) is 4.15. The quantitative estimate of drug-likeness (QED) is 0.579. The monoisotopic (exact) mass is 399 g/mol. The molecular weight excluding hydrogens is 378 g/mol. The maximum atomic E-state index is 11.9. The van der Waals surface area contributed by atoms with E-state index in [9.17, 15) is 19.7 Å². The van der Waals surface area contributed by atoms with E-state index in [1.807, 2.05) is 0 Å². The summed E-state index contributed by atoms with van der Waals surface area (Å²) in [7, 11) is 0. The third kappa shape index (κ3) is 5.46. The molecule has 1 aliphatic heterocycles. The van der Waals surface area contributed by atoms with E-state index in [1.165, 1.54) is 6.07 Å². The van der Waals surface area contributed by atoms with Gasteiger partial charge in [-0.1, -0.05) is 11.6 Å². The Bertz CT molecular complexity index is 756. The molecular formula is C17H22ClN3O6. The van der Waals surface area contributed by atoms with E-state index in [-0.39, 0.29) is 35.0 Å². The van der Waals surface area contributed by atoms with Crippen LogP contribution in [0.1, 0.15) is 37.6 Å². The predicted molar refractivity (Wildman–Crippen MR) is 98.0 cm³/mol. The minimum Gasteiger partial charge on any atom is -0.492 e. The van der Waals surface area contributed by atoms with E-state index in [0.29, 0.717) is 19.5 Å². The van der Waals surface area contributed by atoms with Gasteiger partial charge in [-0.15, -0.1) is 0 Å². The number of hydrogen-bond donors (Lipinski definition) is 1. The molecule has 0 bridgehead atoms. The number of halogens is 1. The zero-order chi connectivity index (χ0) is 20.4. The van der Waals surface area contributed by atoms with E-state index < -0.39 is 22.1 Å². The highest BCUT2D eigenvalue weighted by Crippen LogP contribution is 2.35. The summed E-state index contributed by atoms with van der Waals surface area (Å²) in [6, 6.07) is 2.30. The first-order valence-corrected chi connectivity index (χ1v) is 8.74. The Labute approximate surface area is 161 Å². The fourth-order valence-electron chi connectivity index (χ4n) is 2.53. The first-order valence-electron chi connectivity index (χ1n) is 8.36. The number of carbonyl (C=O) groups excluding carboxylic acids is 2. The number of likely N-dealkylation sites (tertiary alicyclic amines) is 1. The molecule has 0 unspecified atom stereocenters. The van der Waals surface area contributed by atoms with Gasteiger partial charge in [0.25, 0.3) is 5.69 Å². The molecule has 0 radical (unpaired) electrons. The molecule has 10 heteroatoms. The van der Waals surface area contributed by atoms with Crippen LogP contribution in [0.5, 0.6) is 5.75 Å². The van der Waals surface area contributed by atoms with Crippen LogP contribution in [0.4, 0.5) is 10.5 Å². The first-order chi connectivity index (χ1) is 12.5. The summed E-state index contributed by atoms with van der Waals surface area (Å²) < 4.78 is 10.8. The smallest absolute Gasteiger partial charge is 0.410 e. The highest BCUT2D eigenvalue weighted by Gasteiger charge is 2.33. The Balaban J connectivity index is 1.89. The average molecular weight is 400 g/mol. The van der Waals surface area contributed by atoms with Crippen molar-refractivity contribution in [3.05, 3.63) is 32.8 Å². The number of ether oxygens (including phenoxy) is 2. The number of nitrogens with zero attached hydrogens (tertiary/aromatic N) is 2. The van der Waals surface area contributed by atoms with Crippen molar-refractivity contribution in [1.29, 1.82) is 0 Å². The van der Waals surface area contributed by atoms with E-state index >= 15 is 0 Å². The number of primary amides is 1. The van der Waals surface area contributed by atoms with Gasteiger partial charge >= 0.3 is 6.09 Å². The highest BCUT2D eigenvalue weighted by molar-refractivity contribution is 6.34. The molecule has 2 amide bonds. The summed E-state index contributed by atoms with van der Waals surface area (Å²) in [6.45, 7) is 6.74. The lowest BCUT2D eigenvalue weighted by Crippen LogP contribution is -2.51. The molecule has 0 aromatic heterocycles. The number of hydrogen-bond acceptors (Lipinski definition) is 6. The summed E-state index contributed by atoms with van der Waals surface area (Å²) in [4.78, 5) is 35.1. The number of rotatable bonds is 6. The number of amides is 2. The molecule has 1 heterocycles. The SMILES string of the molecule is CC(C)(C)OC(=O)N1CC(CCOc2cc(C(N)=O)cc([N+](=O)[O-])c2Cl)C1. The van der Waals surface area contributed by atoms with Gasteiger partial charge in [0.1, 0.15) is 11.4 Å². The van der Waals surface area contributed by atoms with Gasteiger partial charge in [0, 0.05) is 24.7 Å². The maximum absolute atomic E-state index is 11.9. The lowest BCUT2D eigenvalue weighted by molar-refractivity contribution is -0.384. The summed E-state index contributed by atoms with van der Waals surface area (Å²) >= 11 is 5.98. The van der Waals surface area contributed by atoms with E-state index in [4.69, 9.17) is 26.8 Å². The van der Waals surface area contributed by atoms with Crippen molar-refractivity contribution in [2.45, 2.75) is 32.8 Å². The molecule has 1 aromatic carbocycles. The second kappa shape index (κ2) is 7.99. The second-order valence-electron chi connectivity index (χ2n) is 7.32. The maximum Gasteiger partial charge on any atom is 0.410 e. The van der Waals surface area contributed by atoms with Crippen molar-refractivity contribution in [2.75, 3.05) is 19.7 Å². The minimum atomic E-state index is -0.813. The zero-order valence-electron chi connectivity index (χ0n) is 15.4. The number of nitrogens with two attached hydrogens (primary N) is 1. The van der Waals surface area contributed by atoms with Crippen molar-refractivity contribution >= 4 is 29.3 Å². The second-order valence-corrected chi connectivity index (χ2v) is 7.70. The lowest BCUT2D eigenvalue weighted by atomic mass is 9.97. The van der Waals surface area contributed by atoms with E-state index in [1.54, 1.807) is 25.7 Å². The molecule has 1 saturated heterocycles. The number of nitro groups is 1. The Morgan fingerprint density at radius 2 is 2.00 bits per heavy atom. The van der Waals surface area contributed by atoms with Gasteiger partial charge in [0.2, 0.25) is 5.91 Å². The Hall–Kier alpha value is -2.55. The van der Waals surface area contributed by atoms with Crippen molar-refractivity contribution in [1.82, 2.24) is 4.90 Å². The molecule has 27 heavy (non-hydrogen) atoms. The van der Waals surface area contributed by atoms with Crippen LogP contribution in [0.15, 0.2) is 12.1 Å². The molecule has 1 aromatic rings. The third-order valence-electron chi connectivity index (χ3n) is 3.89. The summed E-state index contributed by atoms with van der Waals surface area (Å²) in [5, 5.41) is 10.9. The Morgan fingerprint density at radius 3 is 2.52 bits per heavy atom. The average Bonchev–Trinajstić information content (AvgIpc) is 2.48. The van der Waals surface area contributed by atoms with Gasteiger partial charge in [-0.05, 0) is 39.2 Å². The van der Waals surface area contributed by atoms with Crippen LogP contribution in [-0.4, -0.2) is 47.1 Å². The highest BCUT2D eigenvalue weighted by atomic mass is 35.5. The number of carbonyl (C=O) groups is 2. The minimum absolute atomic E-state index is 0.0305.